The molecule has 1 aliphatic heterocycles. The Kier molecular flexibility index (Phi) is 5.21. The molecular formula is C19H16F6N6O. The van der Waals surface area contributed by atoms with Crippen LogP contribution in [0.5, 0.6) is 0 Å². The molecule has 0 aromatic carbocycles. The standard InChI is InChI=1S/C19H16F6N6O/c1-30-14(9-16(29-30)19(23,24)25)17(32)27-11-3-2-6-31-13(11)8-12(28-31)10-4-5-26-15(7-10)18(20,21)22/h4-5,7-9,11H,2-3,6H2,1H3,(H,27,32)/t11-/m0/s1. The molecule has 1 atom stereocenters. The van der Waals surface area contributed by atoms with E-state index >= 15 is 0 Å². The molecule has 0 saturated heterocycles. The lowest BCUT2D eigenvalue weighted by atomic mass is 10.0. The number of nitrogens with one attached hydrogen (secondary N) is 1. The number of hydrogen-bond acceptors (Lipinski definition) is 4. The van der Waals surface area contributed by atoms with Gasteiger partial charge in [-0.25, -0.2) is 0 Å². The number of fused-ring (bicyclic) bond motifs is 1. The number of hydrogen-bond donors (Lipinski definition) is 1. The molecule has 32 heavy (non-hydrogen) atoms. The van der Waals surface area contributed by atoms with Gasteiger partial charge in [0.05, 0.1) is 17.4 Å². The fourth-order valence-corrected chi connectivity index (χ4v) is 3.57. The van der Waals surface area contributed by atoms with Crippen LogP contribution in [0, 0.1) is 0 Å². The van der Waals surface area contributed by atoms with Crippen molar-refractivity contribution < 1.29 is 31.1 Å². The highest BCUT2D eigenvalue weighted by Crippen LogP contribution is 2.33. The average Bonchev–Trinajstić information content (AvgIpc) is 3.32. The maximum Gasteiger partial charge on any atom is 0.435 e. The van der Waals surface area contributed by atoms with Crippen LogP contribution in [0.4, 0.5) is 26.3 Å². The van der Waals surface area contributed by atoms with Crippen molar-refractivity contribution in [2.45, 2.75) is 37.8 Å². The Morgan fingerprint density at radius 2 is 1.78 bits per heavy atom. The van der Waals surface area contributed by atoms with Gasteiger partial charge in [-0.05, 0) is 31.0 Å². The number of amides is 1. The number of aromatic nitrogens is 5. The van der Waals surface area contributed by atoms with Crippen LogP contribution in [0.25, 0.3) is 11.3 Å². The third kappa shape index (κ3) is 4.18. The topological polar surface area (TPSA) is 77.6 Å². The zero-order valence-electron chi connectivity index (χ0n) is 16.5. The first-order chi connectivity index (χ1) is 14.9. The van der Waals surface area contributed by atoms with Crippen LogP contribution in [0.1, 0.15) is 46.5 Å². The van der Waals surface area contributed by atoms with Crippen LogP contribution in [-0.2, 0) is 25.9 Å². The van der Waals surface area contributed by atoms with Gasteiger partial charge in [0, 0.05) is 31.4 Å². The summed E-state index contributed by atoms with van der Waals surface area (Å²) in [4.78, 5) is 15.9. The minimum atomic E-state index is -4.69. The van der Waals surface area contributed by atoms with Crippen molar-refractivity contribution in [1.82, 2.24) is 29.9 Å². The Bertz CT molecular complexity index is 1160. The molecule has 0 unspecified atom stereocenters. The maximum atomic E-state index is 13.0. The lowest BCUT2D eigenvalue weighted by Gasteiger charge is -2.24. The number of carbonyl (C=O) groups excluding carboxylic acids is 1. The summed E-state index contributed by atoms with van der Waals surface area (Å²) >= 11 is 0. The van der Waals surface area contributed by atoms with Gasteiger partial charge in [0.2, 0.25) is 0 Å². The normalized spacial score (nSPS) is 16.7. The quantitative estimate of drug-likeness (QED) is 0.603. The molecule has 0 spiro atoms. The highest BCUT2D eigenvalue weighted by Gasteiger charge is 2.36. The molecular weight excluding hydrogens is 442 g/mol. The minimum absolute atomic E-state index is 0.209. The number of pyridine rings is 1. The average molecular weight is 458 g/mol. The van der Waals surface area contributed by atoms with Crippen molar-refractivity contribution in [3.8, 4) is 11.3 Å². The third-order valence-electron chi connectivity index (χ3n) is 5.09. The van der Waals surface area contributed by atoms with Crippen LogP contribution in [0.15, 0.2) is 30.5 Å². The highest BCUT2D eigenvalue weighted by atomic mass is 19.4. The molecule has 0 saturated carbocycles. The van der Waals surface area contributed by atoms with Gasteiger partial charge < -0.3 is 5.32 Å². The second-order valence-corrected chi connectivity index (χ2v) is 7.31. The summed E-state index contributed by atoms with van der Waals surface area (Å²) in [7, 11) is 1.23. The molecule has 4 heterocycles. The van der Waals surface area contributed by atoms with Crippen LogP contribution < -0.4 is 5.32 Å². The van der Waals surface area contributed by atoms with Crippen molar-refractivity contribution in [2.75, 3.05) is 0 Å². The van der Waals surface area contributed by atoms with Gasteiger partial charge in [-0.15, -0.1) is 0 Å². The Balaban J connectivity index is 1.60. The second-order valence-electron chi connectivity index (χ2n) is 7.31. The summed E-state index contributed by atoms with van der Waals surface area (Å²) in [5, 5.41) is 10.3. The molecule has 13 heteroatoms. The van der Waals surface area contributed by atoms with Crippen LogP contribution in [0.2, 0.25) is 0 Å². The fraction of sp³-hybridized carbons (Fsp3) is 0.368. The van der Waals surface area contributed by atoms with E-state index in [0.717, 1.165) is 16.9 Å². The molecule has 0 aliphatic carbocycles. The third-order valence-corrected chi connectivity index (χ3v) is 5.09. The Labute approximate surface area is 177 Å². The zero-order chi connectivity index (χ0) is 23.3. The van der Waals surface area contributed by atoms with E-state index in [0.29, 0.717) is 31.1 Å². The minimum Gasteiger partial charge on any atom is -0.342 e. The second kappa shape index (κ2) is 7.64. The molecule has 3 aromatic rings. The SMILES string of the molecule is Cn1nc(C(F)(F)F)cc1C(=O)N[C@H]1CCCn2nc(-c3ccnc(C(F)(F)F)c3)cc21. The summed E-state index contributed by atoms with van der Waals surface area (Å²) in [5.74, 6) is -0.750. The number of halogens is 6. The molecule has 1 amide bonds. The van der Waals surface area contributed by atoms with Gasteiger partial charge in [0.15, 0.2) is 5.69 Å². The van der Waals surface area contributed by atoms with Crippen LogP contribution >= 0.6 is 0 Å². The van der Waals surface area contributed by atoms with Gasteiger partial charge in [0.25, 0.3) is 5.91 Å². The first-order valence-electron chi connectivity index (χ1n) is 9.47. The molecule has 3 aromatic heterocycles. The van der Waals surface area contributed by atoms with E-state index in [9.17, 15) is 31.1 Å². The maximum absolute atomic E-state index is 13.0. The number of rotatable bonds is 3. The lowest BCUT2D eigenvalue weighted by Crippen LogP contribution is -2.33. The number of nitrogens with zero attached hydrogens (tertiary/aromatic N) is 5. The summed E-state index contributed by atoms with van der Waals surface area (Å²) in [5.41, 5.74) is -1.47. The van der Waals surface area contributed by atoms with E-state index in [1.54, 1.807) is 10.7 Å². The predicted octanol–water partition coefficient (Wildman–Crippen LogP) is 3.98. The Morgan fingerprint density at radius 1 is 1.06 bits per heavy atom. The van der Waals surface area contributed by atoms with Crippen molar-refractivity contribution >= 4 is 5.91 Å². The molecule has 7 nitrogen and oxygen atoms in total. The van der Waals surface area contributed by atoms with Crippen molar-refractivity contribution in [3.63, 3.8) is 0 Å². The molecule has 0 radical (unpaired) electrons. The smallest absolute Gasteiger partial charge is 0.342 e. The van der Waals surface area contributed by atoms with E-state index < -0.39 is 35.7 Å². The van der Waals surface area contributed by atoms with Crippen molar-refractivity contribution in [2.24, 2.45) is 7.05 Å². The first kappa shape index (κ1) is 21.8. The van der Waals surface area contributed by atoms with Crippen molar-refractivity contribution in [3.05, 3.63) is 53.2 Å². The number of aryl methyl sites for hydroxylation is 2. The Morgan fingerprint density at radius 3 is 2.44 bits per heavy atom. The monoisotopic (exact) mass is 458 g/mol. The zero-order valence-corrected chi connectivity index (χ0v) is 16.5. The molecule has 0 bridgehead atoms. The number of carbonyl (C=O) groups is 1. The van der Waals surface area contributed by atoms with Gasteiger partial charge >= 0.3 is 12.4 Å². The molecule has 170 valence electrons. The van der Waals surface area contributed by atoms with Gasteiger partial charge in [-0.3, -0.25) is 19.1 Å². The highest BCUT2D eigenvalue weighted by molar-refractivity contribution is 5.93. The van der Waals surface area contributed by atoms with Gasteiger partial charge in [0.1, 0.15) is 11.4 Å². The summed E-state index contributed by atoms with van der Waals surface area (Å²) < 4.78 is 80.0. The van der Waals surface area contributed by atoms with Crippen LogP contribution in [0.3, 0.4) is 0 Å². The van der Waals surface area contributed by atoms with Crippen molar-refractivity contribution in [1.29, 1.82) is 0 Å². The van der Waals surface area contributed by atoms with E-state index in [-0.39, 0.29) is 17.0 Å². The van der Waals surface area contributed by atoms with E-state index in [1.807, 2.05) is 0 Å². The van der Waals surface area contributed by atoms with Crippen LogP contribution in [-0.4, -0.2) is 30.5 Å². The Hall–Kier alpha value is -3.38. The molecule has 1 aliphatic rings. The molecule has 4 rings (SSSR count). The first-order valence-corrected chi connectivity index (χ1v) is 9.47. The largest absolute Gasteiger partial charge is 0.435 e. The van der Waals surface area contributed by atoms with Gasteiger partial charge in [-0.2, -0.15) is 36.5 Å². The molecule has 1 N–H and O–H groups in total. The van der Waals surface area contributed by atoms with E-state index in [4.69, 9.17) is 0 Å². The molecule has 0 fully saturated rings. The summed E-state index contributed by atoms with van der Waals surface area (Å²) in [6.07, 6.45) is -7.15. The summed E-state index contributed by atoms with van der Waals surface area (Å²) in [6, 6.07) is 3.92. The fourth-order valence-electron chi connectivity index (χ4n) is 3.57. The predicted molar refractivity (Wildman–Crippen MR) is 98.1 cm³/mol. The van der Waals surface area contributed by atoms with E-state index in [2.05, 4.69) is 20.5 Å². The lowest BCUT2D eigenvalue weighted by molar-refractivity contribution is -0.142. The van der Waals surface area contributed by atoms with E-state index in [1.165, 1.54) is 13.1 Å². The number of alkyl halides is 6. The summed E-state index contributed by atoms with van der Waals surface area (Å²) in [6.45, 7) is 0.489. The van der Waals surface area contributed by atoms with Gasteiger partial charge in [-0.1, -0.05) is 0 Å².